The minimum absolute atomic E-state index is 0.241. The van der Waals surface area contributed by atoms with Crippen LogP contribution in [-0.2, 0) is 4.74 Å². The maximum absolute atomic E-state index is 11.1. The van der Waals surface area contributed by atoms with E-state index in [0.29, 0.717) is 10.8 Å². The summed E-state index contributed by atoms with van der Waals surface area (Å²) >= 11 is 1.33. The topological polar surface area (TPSA) is 78.1 Å². The highest BCUT2D eigenvalue weighted by molar-refractivity contribution is 7.21. The summed E-state index contributed by atoms with van der Waals surface area (Å²) < 4.78 is 5.39. The first kappa shape index (κ1) is 8.89. The molecule has 0 unspecified atom stereocenters. The number of fused-ring (bicyclic) bond motifs is 1. The fraction of sp³-hybridized carbons (Fsp3) is 0.125. The van der Waals surface area contributed by atoms with Crippen LogP contribution in [-0.4, -0.2) is 23.0 Å². The first-order valence-electron chi connectivity index (χ1n) is 3.82. The van der Waals surface area contributed by atoms with Gasteiger partial charge in [-0.2, -0.15) is 0 Å². The number of rotatable bonds is 1. The molecule has 0 aliphatic rings. The summed E-state index contributed by atoms with van der Waals surface area (Å²) in [5.74, 6) is -0.474. The molecule has 0 bridgehead atoms. The minimum Gasteiger partial charge on any atom is -0.464 e. The molecule has 0 saturated heterocycles. The van der Waals surface area contributed by atoms with Crippen LogP contribution < -0.4 is 5.73 Å². The Balaban J connectivity index is 2.55. The highest BCUT2D eigenvalue weighted by atomic mass is 32.1. The molecule has 0 aliphatic carbocycles. The van der Waals surface area contributed by atoms with Gasteiger partial charge in [-0.25, -0.2) is 14.8 Å². The molecule has 2 aromatic rings. The number of carbonyl (C=O) groups excluding carboxylic acids is 1. The normalized spacial score (nSPS) is 10.4. The third-order valence-corrected chi connectivity index (χ3v) is 2.50. The Labute approximate surface area is 83.5 Å². The zero-order valence-corrected chi connectivity index (χ0v) is 8.17. The molecular formula is C8H7N3O2S. The van der Waals surface area contributed by atoms with Gasteiger partial charge in [0.05, 0.1) is 11.8 Å². The van der Waals surface area contributed by atoms with E-state index in [1.807, 2.05) is 0 Å². The average molecular weight is 209 g/mol. The number of anilines is 1. The summed E-state index contributed by atoms with van der Waals surface area (Å²) in [6.07, 6.45) is 0. The molecule has 6 heteroatoms. The predicted octanol–water partition coefficient (Wildman–Crippen LogP) is 1.06. The molecule has 0 fully saturated rings. The summed E-state index contributed by atoms with van der Waals surface area (Å²) in [7, 11) is 1.31. The number of nitrogens with two attached hydrogens (primary N) is 1. The summed E-state index contributed by atoms with van der Waals surface area (Å²) in [4.78, 5) is 19.1. The van der Waals surface area contributed by atoms with Gasteiger partial charge in [0.1, 0.15) is 0 Å². The van der Waals surface area contributed by atoms with Gasteiger partial charge in [0, 0.05) is 0 Å². The zero-order chi connectivity index (χ0) is 10.1. The summed E-state index contributed by atoms with van der Waals surface area (Å²) in [6, 6.07) is 3.34. The molecule has 0 spiro atoms. The largest absolute Gasteiger partial charge is 0.464 e. The molecule has 0 aromatic carbocycles. The van der Waals surface area contributed by atoms with Crippen molar-refractivity contribution >= 4 is 32.8 Å². The monoisotopic (exact) mass is 209 g/mol. The zero-order valence-electron chi connectivity index (χ0n) is 7.35. The molecule has 0 amide bonds. The second-order valence-corrected chi connectivity index (χ2v) is 3.62. The van der Waals surface area contributed by atoms with Crippen LogP contribution in [0.15, 0.2) is 12.1 Å². The van der Waals surface area contributed by atoms with Crippen LogP contribution >= 0.6 is 11.3 Å². The van der Waals surface area contributed by atoms with Gasteiger partial charge in [0.25, 0.3) is 0 Å². The van der Waals surface area contributed by atoms with Crippen molar-refractivity contribution in [2.45, 2.75) is 0 Å². The number of pyridine rings is 1. The lowest BCUT2D eigenvalue weighted by Crippen LogP contribution is -2.03. The van der Waals surface area contributed by atoms with Gasteiger partial charge < -0.3 is 10.5 Å². The Morgan fingerprint density at radius 1 is 1.50 bits per heavy atom. The quantitative estimate of drug-likeness (QED) is 0.710. The molecule has 0 atom stereocenters. The Bertz CT molecular complexity index is 494. The molecular weight excluding hydrogens is 202 g/mol. The number of ether oxygens (including phenoxy) is 1. The Morgan fingerprint density at radius 2 is 2.29 bits per heavy atom. The molecule has 0 radical (unpaired) electrons. The average Bonchev–Trinajstić information content (AvgIpc) is 2.55. The lowest BCUT2D eigenvalue weighted by atomic mass is 10.3. The standard InChI is InChI=1S/C8H7N3O2S/c1-13-7(12)4-2-3-5-6(10-4)11-8(9)14-5/h2-3H,1H3,(H2,9,10,11). The fourth-order valence-electron chi connectivity index (χ4n) is 1.05. The van der Waals surface area contributed by atoms with E-state index in [1.165, 1.54) is 18.4 Å². The molecule has 5 nitrogen and oxygen atoms in total. The van der Waals surface area contributed by atoms with Crippen molar-refractivity contribution in [3.63, 3.8) is 0 Å². The van der Waals surface area contributed by atoms with Crippen LogP contribution in [0.4, 0.5) is 5.13 Å². The minimum atomic E-state index is -0.474. The van der Waals surface area contributed by atoms with E-state index in [9.17, 15) is 4.79 Å². The molecule has 72 valence electrons. The third-order valence-electron chi connectivity index (χ3n) is 1.66. The summed E-state index contributed by atoms with van der Waals surface area (Å²) in [5.41, 5.74) is 6.22. The molecule has 0 saturated carbocycles. The molecule has 2 rings (SSSR count). The number of nitrogen functional groups attached to an aromatic ring is 1. The Morgan fingerprint density at radius 3 is 3.00 bits per heavy atom. The number of hydrogen-bond donors (Lipinski definition) is 1. The maximum atomic E-state index is 11.1. The second-order valence-electron chi connectivity index (χ2n) is 2.56. The molecule has 0 aliphatic heterocycles. The summed E-state index contributed by atoms with van der Waals surface area (Å²) in [6.45, 7) is 0. The van der Waals surface area contributed by atoms with Crippen molar-refractivity contribution in [3.05, 3.63) is 17.8 Å². The SMILES string of the molecule is COC(=O)c1ccc2sc(N)nc2n1. The highest BCUT2D eigenvalue weighted by Crippen LogP contribution is 2.22. The van der Waals surface area contributed by atoms with Gasteiger partial charge >= 0.3 is 5.97 Å². The first-order valence-corrected chi connectivity index (χ1v) is 4.64. The van der Waals surface area contributed by atoms with E-state index in [2.05, 4.69) is 14.7 Å². The van der Waals surface area contributed by atoms with Crippen molar-refractivity contribution in [3.8, 4) is 0 Å². The number of nitrogens with zero attached hydrogens (tertiary/aromatic N) is 2. The first-order chi connectivity index (χ1) is 6.70. The van der Waals surface area contributed by atoms with E-state index < -0.39 is 5.97 Å². The van der Waals surface area contributed by atoms with Crippen LogP contribution in [0.3, 0.4) is 0 Å². The molecule has 2 N–H and O–H groups in total. The van der Waals surface area contributed by atoms with Gasteiger partial charge in [-0.3, -0.25) is 0 Å². The van der Waals surface area contributed by atoms with E-state index >= 15 is 0 Å². The lowest BCUT2D eigenvalue weighted by molar-refractivity contribution is 0.0594. The number of esters is 1. The smallest absolute Gasteiger partial charge is 0.356 e. The molecule has 2 aromatic heterocycles. The van der Waals surface area contributed by atoms with E-state index in [0.717, 1.165) is 4.70 Å². The number of hydrogen-bond acceptors (Lipinski definition) is 6. The maximum Gasteiger partial charge on any atom is 0.356 e. The van der Waals surface area contributed by atoms with Crippen molar-refractivity contribution in [2.24, 2.45) is 0 Å². The third kappa shape index (κ3) is 1.39. The Hall–Kier alpha value is -1.69. The second kappa shape index (κ2) is 3.22. The van der Waals surface area contributed by atoms with Crippen LogP contribution in [0.2, 0.25) is 0 Å². The molecule has 14 heavy (non-hydrogen) atoms. The van der Waals surface area contributed by atoms with Crippen molar-refractivity contribution < 1.29 is 9.53 Å². The number of methoxy groups -OCH3 is 1. The summed E-state index contributed by atoms with van der Waals surface area (Å²) in [5, 5.41) is 0.439. The lowest BCUT2D eigenvalue weighted by Gasteiger charge is -1.96. The van der Waals surface area contributed by atoms with E-state index in [-0.39, 0.29) is 5.69 Å². The van der Waals surface area contributed by atoms with E-state index in [4.69, 9.17) is 5.73 Å². The van der Waals surface area contributed by atoms with Crippen molar-refractivity contribution in [1.82, 2.24) is 9.97 Å². The van der Waals surface area contributed by atoms with Gasteiger partial charge in [0.15, 0.2) is 16.5 Å². The van der Waals surface area contributed by atoms with Crippen molar-refractivity contribution in [1.29, 1.82) is 0 Å². The van der Waals surface area contributed by atoms with Gasteiger partial charge in [0.2, 0.25) is 0 Å². The van der Waals surface area contributed by atoms with Crippen LogP contribution in [0.25, 0.3) is 10.3 Å². The highest BCUT2D eigenvalue weighted by Gasteiger charge is 2.09. The van der Waals surface area contributed by atoms with Gasteiger partial charge in [-0.1, -0.05) is 11.3 Å². The van der Waals surface area contributed by atoms with Gasteiger partial charge in [-0.05, 0) is 12.1 Å². The fourth-order valence-corrected chi connectivity index (χ4v) is 1.73. The van der Waals surface area contributed by atoms with Crippen LogP contribution in [0.1, 0.15) is 10.5 Å². The number of aromatic nitrogens is 2. The predicted molar refractivity (Wildman–Crippen MR) is 53.2 cm³/mol. The number of carbonyl (C=O) groups is 1. The molecule has 2 heterocycles. The van der Waals surface area contributed by atoms with Crippen LogP contribution in [0, 0.1) is 0 Å². The van der Waals surface area contributed by atoms with Gasteiger partial charge in [-0.15, -0.1) is 0 Å². The van der Waals surface area contributed by atoms with Crippen LogP contribution in [0.5, 0.6) is 0 Å². The Kier molecular flexibility index (Phi) is 2.05. The number of thiazole rings is 1. The van der Waals surface area contributed by atoms with Crippen molar-refractivity contribution in [2.75, 3.05) is 12.8 Å². The van der Waals surface area contributed by atoms with E-state index in [1.54, 1.807) is 12.1 Å².